The Bertz CT molecular complexity index is 808. The van der Waals surface area contributed by atoms with Gasteiger partial charge in [-0.1, -0.05) is 30.3 Å². The third-order valence-corrected chi connectivity index (χ3v) is 6.24. The minimum atomic E-state index is -0.0354. The monoisotopic (exact) mass is 381 g/mol. The summed E-state index contributed by atoms with van der Waals surface area (Å²) in [5.74, 6) is -0.0354. The highest BCUT2D eigenvalue weighted by Gasteiger charge is 2.32. The molecule has 6 heteroatoms. The predicted molar refractivity (Wildman–Crippen MR) is 111 cm³/mol. The average molecular weight is 382 g/mol. The van der Waals surface area contributed by atoms with E-state index >= 15 is 0 Å². The topological polar surface area (TPSA) is 53.4 Å². The molecule has 2 aliphatic rings. The SMILES string of the molecule is CN1CCN(C2CCc3c(c(C(=O)NCCc4ccccc4)nn3C)C2)CC1. The highest BCUT2D eigenvalue weighted by molar-refractivity contribution is 5.94. The number of nitrogens with one attached hydrogen (secondary N) is 1. The van der Waals surface area contributed by atoms with Crippen LogP contribution in [0.1, 0.15) is 33.7 Å². The molecule has 2 aromatic rings. The number of aromatic nitrogens is 2. The van der Waals surface area contributed by atoms with Crippen molar-refractivity contribution in [2.45, 2.75) is 31.7 Å². The Kier molecular flexibility index (Phi) is 5.78. The number of likely N-dealkylation sites (N-methyl/N-ethyl adjacent to an activating group) is 1. The molecule has 1 aromatic carbocycles. The van der Waals surface area contributed by atoms with Crippen LogP contribution in [0.25, 0.3) is 0 Å². The smallest absolute Gasteiger partial charge is 0.272 e. The maximum absolute atomic E-state index is 12.8. The molecule has 6 nitrogen and oxygen atoms in total. The summed E-state index contributed by atoms with van der Waals surface area (Å²) in [7, 11) is 4.16. The molecule has 1 atom stereocenters. The average Bonchev–Trinajstić information content (AvgIpc) is 3.05. The zero-order chi connectivity index (χ0) is 19.5. The Labute approximate surface area is 167 Å². The zero-order valence-electron chi connectivity index (χ0n) is 17.0. The van der Waals surface area contributed by atoms with E-state index in [0.29, 0.717) is 18.3 Å². The van der Waals surface area contributed by atoms with E-state index in [2.05, 4.69) is 39.4 Å². The number of aryl methyl sites for hydroxylation is 1. The first-order chi connectivity index (χ1) is 13.6. The minimum absolute atomic E-state index is 0.0354. The lowest BCUT2D eigenvalue weighted by Crippen LogP contribution is -2.50. The molecular formula is C22H31N5O. The maximum Gasteiger partial charge on any atom is 0.272 e. The molecule has 4 rings (SSSR count). The molecule has 0 saturated carbocycles. The lowest BCUT2D eigenvalue weighted by molar-refractivity contribution is 0.0941. The van der Waals surface area contributed by atoms with Crippen LogP contribution in [0.2, 0.25) is 0 Å². The van der Waals surface area contributed by atoms with Gasteiger partial charge in [-0.25, -0.2) is 0 Å². The van der Waals surface area contributed by atoms with Crippen molar-refractivity contribution in [2.24, 2.45) is 7.05 Å². The number of benzene rings is 1. The number of hydrogen-bond acceptors (Lipinski definition) is 4. The number of fused-ring (bicyclic) bond motifs is 1. The van der Waals surface area contributed by atoms with Gasteiger partial charge < -0.3 is 10.2 Å². The van der Waals surface area contributed by atoms with Gasteiger partial charge in [0.2, 0.25) is 0 Å². The summed E-state index contributed by atoms with van der Waals surface area (Å²) >= 11 is 0. The molecule has 150 valence electrons. The van der Waals surface area contributed by atoms with E-state index in [1.54, 1.807) is 0 Å². The lowest BCUT2D eigenvalue weighted by Gasteiger charge is -2.39. The van der Waals surface area contributed by atoms with Gasteiger partial charge in [0, 0.05) is 57.1 Å². The van der Waals surface area contributed by atoms with Gasteiger partial charge in [-0.15, -0.1) is 0 Å². The Morgan fingerprint density at radius 2 is 1.89 bits per heavy atom. The quantitative estimate of drug-likeness (QED) is 0.853. The molecule has 0 spiro atoms. The van der Waals surface area contributed by atoms with Gasteiger partial charge in [0.05, 0.1) is 0 Å². The van der Waals surface area contributed by atoms with E-state index in [4.69, 9.17) is 0 Å². The molecule has 1 aliphatic carbocycles. The number of carbonyl (C=O) groups excluding carboxylic acids is 1. The molecule has 28 heavy (non-hydrogen) atoms. The molecule has 1 N–H and O–H groups in total. The van der Waals surface area contributed by atoms with Crippen molar-refractivity contribution in [3.63, 3.8) is 0 Å². The first kappa shape index (κ1) is 19.2. The Hall–Kier alpha value is -2.18. The predicted octanol–water partition coefficient (Wildman–Crippen LogP) is 1.50. The zero-order valence-corrected chi connectivity index (χ0v) is 17.0. The Morgan fingerprint density at radius 1 is 1.14 bits per heavy atom. The fraction of sp³-hybridized carbons (Fsp3) is 0.545. The number of hydrogen-bond donors (Lipinski definition) is 1. The van der Waals surface area contributed by atoms with Crippen molar-refractivity contribution in [3.05, 3.63) is 52.8 Å². The van der Waals surface area contributed by atoms with Crippen molar-refractivity contribution < 1.29 is 4.79 Å². The van der Waals surface area contributed by atoms with Gasteiger partial charge >= 0.3 is 0 Å². The van der Waals surface area contributed by atoms with Crippen molar-refractivity contribution >= 4 is 5.91 Å². The minimum Gasteiger partial charge on any atom is -0.350 e. The fourth-order valence-electron chi connectivity index (χ4n) is 4.50. The lowest BCUT2D eigenvalue weighted by atomic mass is 9.90. The van der Waals surface area contributed by atoms with Crippen LogP contribution in [0, 0.1) is 0 Å². The first-order valence-corrected chi connectivity index (χ1v) is 10.4. The molecular weight excluding hydrogens is 350 g/mol. The van der Waals surface area contributed by atoms with E-state index < -0.39 is 0 Å². The molecule has 0 bridgehead atoms. The molecule has 1 aliphatic heterocycles. The van der Waals surface area contributed by atoms with Gasteiger partial charge in [-0.05, 0) is 38.3 Å². The van der Waals surface area contributed by atoms with Crippen LogP contribution in [0.4, 0.5) is 0 Å². The van der Waals surface area contributed by atoms with Crippen LogP contribution >= 0.6 is 0 Å². The molecule has 1 aromatic heterocycles. The van der Waals surface area contributed by atoms with Crippen LogP contribution in [0.3, 0.4) is 0 Å². The van der Waals surface area contributed by atoms with Gasteiger partial charge in [0.25, 0.3) is 5.91 Å². The van der Waals surface area contributed by atoms with Gasteiger partial charge in [-0.3, -0.25) is 14.4 Å². The van der Waals surface area contributed by atoms with Crippen molar-refractivity contribution in [3.8, 4) is 0 Å². The van der Waals surface area contributed by atoms with Crippen LogP contribution < -0.4 is 5.32 Å². The van der Waals surface area contributed by atoms with E-state index in [0.717, 1.165) is 57.4 Å². The number of piperazine rings is 1. The summed E-state index contributed by atoms with van der Waals surface area (Å²) in [6.45, 7) is 5.13. The van der Waals surface area contributed by atoms with Crippen molar-refractivity contribution in [1.82, 2.24) is 24.9 Å². The summed E-state index contributed by atoms with van der Waals surface area (Å²) in [4.78, 5) is 17.8. The van der Waals surface area contributed by atoms with E-state index in [9.17, 15) is 4.79 Å². The molecule has 0 radical (unpaired) electrons. The number of rotatable bonds is 5. The second-order valence-electron chi connectivity index (χ2n) is 8.12. The normalized spacial score (nSPS) is 20.7. The molecule has 1 fully saturated rings. The third kappa shape index (κ3) is 4.13. The van der Waals surface area contributed by atoms with Gasteiger partial charge in [-0.2, -0.15) is 5.10 Å². The fourth-order valence-corrected chi connectivity index (χ4v) is 4.50. The summed E-state index contributed by atoms with van der Waals surface area (Å²) < 4.78 is 1.92. The van der Waals surface area contributed by atoms with E-state index in [1.807, 2.05) is 29.9 Å². The summed E-state index contributed by atoms with van der Waals surface area (Å²) in [6, 6.07) is 10.8. The molecule has 1 saturated heterocycles. The van der Waals surface area contributed by atoms with Crippen LogP contribution in [-0.2, 0) is 26.3 Å². The van der Waals surface area contributed by atoms with Crippen LogP contribution in [0.15, 0.2) is 30.3 Å². The highest BCUT2D eigenvalue weighted by Crippen LogP contribution is 2.27. The summed E-state index contributed by atoms with van der Waals surface area (Å²) in [6.07, 6.45) is 3.94. The van der Waals surface area contributed by atoms with Gasteiger partial charge in [0.15, 0.2) is 5.69 Å². The highest BCUT2D eigenvalue weighted by atomic mass is 16.1. The van der Waals surface area contributed by atoms with E-state index in [-0.39, 0.29) is 5.91 Å². The maximum atomic E-state index is 12.8. The second-order valence-corrected chi connectivity index (χ2v) is 8.12. The third-order valence-electron chi connectivity index (χ3n) is 6.24. The van der Waals surface area contributed by atoms with Crippen LogP contribution in [-0.4, -0.2) is 71.3 Å². The Balaban J connectivity index is 1.41. The second kappa shape index (κ2) is 8.45. The Morgan fingerprint density at radius 3 is 2.64 bits per heavy atom. The van der Waals surface area contributed by atoms with E-state index in [1.165, 1.54) is 11.3 Å². The summed E-state index contributed by atoms with van der Waals surface area (Å²) in [5.41, 5.74) is 4.26. The standard InChI is InChI=1S/C22H31N5O/c1-25-12-14-27(15-13-25)18-8-9-20-19(16-18)21(24-26(20)2)22(28)23-11-10-17-6-4-3-5-7-17/h3-7,18H,8-16H2,1-2H3,(H,23,28). The molecule has 2 heterocycles. The number of amides is 1. The van der Waals surface area contributed by atoms with Crippen molar-refractivity contribution in [2.75, 3.05) is 39.8 Å². The largest absolute Gasteiger partial charge is 0.350 e. The van der Waals surface area contributed by atoms with Gasteiger partial charge in [0.1, 0.15) is 0 Å². The van der Waals surface area contributed by atoms with Crippen molar-refractivity contribution in [1.29, 1.82) is 0 Å². The number of nitrogens with zero attached hydrogens (tertiary/aromatic N) is 4. The number of carbonyl (C=O) groups is 1. The molecule has 1 unspecified atom stereocenters. The molecule has 1 amide bonds. The van der Waals surface area contributed by atoms with Crippen LogP contribution in [0.5, 0.6) is 0 Å². The summed E-state index contributed by atoms with van der Waals surface area (Å²) in [5, 5.41) is 7.66. The first-order valence-electron chi connectivity index (χ1n) is 10.4.